The molecule has 2 saturated heterocycles. The van der Waals surface area contributed by atoms with Crippen LogP contribution in [0, 0.1) is 6.92 Å². The van der Waals surface area contributed by atoms with Gasteiger partial charge in [0.15, 0.2) is 0 Å². The Labute approximate surface area is 180 Å². The number of carbonyl (C=O) groups is 1. The fourth-order valence-electron chi connectivity index (χ4n) is 4.31. The van der Waals surface area contributed by atoms with Gasteiger partial charge in [-0.25, -0.2) is 8.42 Å². The maximum Gasteiger partial charge on any atom is 0.243 e. The number of nitrogens with one attached hydrogen (secondary N) is 1. The lowest BCUT2D eigenvalue weighted by atomic mass is 10.1. The molecule has 168 valence electrons. The van der Waals surface area contributed by atoms with Crippen molar-refractivity contribution >= 4 is 21.6 Å². The summed E-state index contributed by atoms with van der Waals surface area (Å²) in [5, 5.41) is 2.96. The number of piperidine rings is 1. The van der Waals surface area contributed by atoms with Crippen molar-refractivity contribution < 1.29 is 17.9 Å². The fourth-order valence-corrected chi connectivity index (χ4v) is 6.08. The Balaban J connectivity index is 1.76. The summed E-state index contributed by atoms with van der Waals surface area (Å²) in [5.41, 5.74) is 1.23. The number of anilines is 1. The molecule has 0 spiro atoms. The Morgan fingerprint density at radius 2 is 1.93 bits per heavy atom. The highest BCUT2D eigenvalue weighted by atomic mass is 32.2. The zero-order chi connectivity index (χ0) is 21.7. The van der Waals surface area contributed by atoms with E-state index in [1.807, 2.05) is 6.92 Å². The lowest BCUT2D eigenvalue weighted by Gasteiger charge is -2.37. The molecule has 30 heavy (non-hydrogen) atoms. The minimum atomic E-state index is -3.55. The van der Waals surface area contributed by atoms with E-state index < -0.39 is 10.0 Å². The van der Waals surface area contributed by atoms with E-state index in [4.69, 9.17) is 4.74 Å². The number of rotatable bonds is 7. The molecule has 2 atom stereocenters. The van der Waals surface area contributed by atoms with Crippen LogP contribution in [0.5, 0.6) is 0 Å². The van der Waals surface area contributed by atoms with Crippen LogP contribution < -0.4 is 5.32 Å². The lowest BCUT2D eigenvalue weighted by Crippen LogP contribution is -2.51. The monoisotopic (exact) mass is 437 g/mol. The summed E-state index contributed by atoms with van der Waals surface area (Å²) in [4.78, 5) is 15.5. The number of morpholine rings is 1. The topological polar surface area (TPSA) is 79.0 Å². The lowest BCUT2D eigenvalue weighted by molar-refractivity contribution is -0.125. The van der Waals surface area contributed by atoms with Gasteiger partial charge in [0, 0.05) is 31.9 Å². The Bertz CT molecular complexity index is 837. The number of ether oxygens (including phenoxy) is 1. The first-order valence-corrected chi connectivity index (χ1v) is 12.6. The van der Waals surface area contributed by atoms with Crippen molar-refractivity contribution in [2.75, 3.05) is 38.1 Å². The average Bonchev–Trinajstić information content (AvgIpc) is 2.76. The van der Waals surface area contributed by atoms with Crippen LogP contribution in [0.1, 0.15) is 51.5 Å². The van der Waals surface area contributed by atoms with Crippen LogP contribution >= 0.6 is 0 Å². The average molecular weight is 438 g/mol. The Morgan fingerprint density at radius 3 is 2.60 bits per heavy atom. The number of hydrogen-bond acceptors (Lipinski definition) is 5. The molecule has 0 saturated carbocycles. The molecule has 3 rings (SSSR count). The van der Waals surface area contributed by atoms with Crippen molar-refractivity contribution in [3.05, 3.63) is 23.8 Å². The van der Waals surface area contributed by atoms with Gasteiger partial charge in [0.1, 0.15) is 0 Å². The molecule has 7 nitrogen and oxygen atoms in total. The highest BCUT2D eigenvalue weighted by Crippen LogP contribution is 2.26. The Morgan fingerprint density at radius 1 is 1.20 bits per heavy atom. The summed E-state index contributed by atoms with van der Waals surface area (Å²) in [6, 6.07) is 4.91. The first-order valence-electron chi connectivity index (χ1n) is 11.1. The molecular formula is C22H35N3O4S. The van der Waals surface area contributed by atoms with E-state index in [1.54, 1.807) is 29.4 Å². The largest absolute Gasteiger partial charge is 0.376 e. The predicted molar refractivity (Wildman–Crippen MR) is 118 cm³/mol. The third kappa shape index (κ3) is 5.22. The van der Waals surface area contributed by atoms with Crippen molar-refractivity contribution in [2.45, 2.75) is 69.9 Å². The number of amides is 1. The van der Waals surface area contributed by atoms with Gasteiger partial charge in [-0.05, 0) is 50.3 Å². The van der Waals surface area contributed by atoms with Crippen LogP contribution in [0.4, 0.5) is 5.69 Å². The van der Waals surface area contributed by atoms with Crippen molar-refractivity contribution in [2.24, 2.45) is 0 Å². The molecule has 0 radical (unpaired) electrons. The van der Waals surface area contributed by atoms with Gasteiger partial charge in [-0.1, -0.05) is 26.3 Å². The molecule has 2 aliphatic heterocycles. The number of aryl methyl sites for hydroxylation is 1. The third-order valence-corrected chi connectivity index (χ3v) is 8.18. The molecule has 0 aliphatic carbocycles. The summed E-state index contributed by atoms with van der Waals surface area (Å²) in [6.45, 7) is 9.11. The van der Waals surface area contributed by atoms with E-state index in [-0.39, 0.29) is 22.9 Å². The van der Waals surface area contributed by atoms with Gasteiger partial charge in [0.05, 0.1) is 23.6 Å². The van der Waals surface area contributed by atoms with Gasteiger partial charge in [-0.3, -0.25) is 9.69 Å². The van der Waals surface area contributed by atoms with E-state index in [9.17, 15) is 13.2 Å². The minimum absolute atomic E-state index is 0.0978. The minimum Gasteiger partial charge on any atom is -0.376 e. The first kappa shape index (κ1) is 23.2. The van der Waals surface area contributed by atoms with Crippen LogP contribution in [0.15, 0.2) is 23.1 Å². The predicted octanol–water partition coefficient (Wildman–Crippen LogP) is 3.00. The van der Waals surface area contributed by atoms with Gasteiger partial charge in [-0.2, -0.15) is 4.31 Å². The van der Waals surface area contributed by atoms with Gasteiger partial charge in [0.25, 0.3) is 0 Å². The molecule has 1 aromatic carbocycles. The molecular weight excluding hydrogens is 402 g/mol. The summed E-state index contributed by atoms with van der Waals surface area (Å²) >= 11 is 0. The fraction of sp³-hybridized carbons (Fsp3) is 0.682. The summed E-state index contributed by atoms with van der Waals surface area (Å²) in [7, 11) is -3.55. The molecule has 1 aromatic rings. The number of carbonyl (C=O) groups excluding carboxylic acids is 1. The highest BCUT2D eigenvalue weighted by molar-refractivity contribution is 7.89. The van der Waals surface area contributed by atoms with Gasteiger partial charge >= 0.3 is 0 Å². The molecule has 0 aromatic heterocycles. The van der Waals surface area contributed by atoms with Gasteiger partial charge in [0.2, 0.25) is 15.9 Å². The first-order chi connectivity index (χ1) is 14.4. The van der Waals surface area contributed by atoms with Crippen LogP contribution in [0.25, 0.3) is 0 Å². The van der Waals surface area contributed by atoms with Crippen molar-refractivity contribution in [1.82, 2.24) is 9.21 Å². The molecule has 1 amide bonds. The van der Waals surface area contributed by atoms with E-state index in [0.717, 1.165) is 38.8 Å². The second-order valence-corrected chi connectivity index (χ2v) is 10.2. The Kier molecular flexibility index (Phi) is 7.90. The molecule has 8 heteroatoms. The van der Waals surface area contributed by atoms with Crippen molar-refractivity contribution in [3.8, 4) is 0 Å². The van der Waals surface area contributed by atoms with Crippen LogP contribution in [0.2, 0.25) is 0 Å². The van der Waals surface area contributed by atoms with Crippen LogP contribution in [-0.4, -0.2) is 68.5 Å². The maximum absolute atomic E-state index is 13.1. The Hall–Kier alpha value is -1.48. The smallest absolute Gasteiger partial charge is 0.243 e. The number of benzene rings is 1. The quantitative estimate of drug-likeness (QED) is 0.709. The number of nitrogens with zero attached hydrogens (tertiary/aromatic N) is 2. The van der Waals surface area contributed by atoms with Gasteiger partial charge in [-0.15, -0.1) is 0 Å². The summed E-state index contributed by atoms with van der Waals surface area (Å²) in [5.74, 6) is -0.0978. The molecule has 0 unspecified atom stereocenters. The molecule has 2 heterocycles. The van der Waals surface area contributed by atoms with E-state index in [1.165, 1.54) is 0 Å². The zero-order valence-corrected chi connectivity index (χ0v) is 19.2. The maximum atomic E-state index is 13.1. The summed E-state index contributed by atoms with van der Waals surface area (Å²) < 4.78 is 33.6. The zero-order valence-electron chi connectivity index (χ0n) is 18.4. The van der Waals surface area contributed by atoms with Gasteiger partial charge < -0.3 is 10.1 Å². The molecule has 0 bridgehead atoms. The molecule has 1 N–H and O–H groups in total. The normalized spacial score (nSPS) is 22.6. The molecule has 2 aliphatic rings. The van der Waals surface area contributed by atoms with Crippen LogP contribution in [0.3, 0.4) is 0 Å². The SMILES string of the molecule is CC[C@H]1CN([C@H](CC)C(=O)Nc2ccc(C)c(S(=O)(=O)N3CCCCC3)c2)CCO1. The van der Waals surface area contributed by atoms with E-state index in [2.05, 4.69) is 17.1 Å². The van der Waals surface area contributed by atoms with Crippen molar-refractivity contribution in [1.29, 1.82) is 0 Å². The third-order valence-electron chi connectivity index (χ3n) is 6.14. The molecule has 2 fully saturated rings. The second kappa shape index (κ2) is 10.2. The second-order valence-electron chi connectivity index (χ2n) is 8.25. The van der Waals surface area contributed by atoms with Crippen LogP contribution in [-0.2, 0) is 19.6 Å². The number of hydrogen-bond donors (Lipinski definition) is 1. The van der Waals surface area contributed by atoms with E-state index >= 15 is 0 Å². The van der Waals surface area contributed by atoms with Crippen molar-refractivity contribution in [3.63, 3.8) is 0 Å². The standard InChI is InChI=1S/C22H35N3O4S/c1-4-19-16-24(13-14-29-19)20(5-2)22(26)23-18-10-9-17(3)21(15-18)30(27,28)25-11-7-6-8-12-25/h9-10,15,19-20H,4-8,11-14,16H2,1-3H3,(H,23,26)/t19-,20+/m0/s1. The number of sulfonamides is 1. The highest BCUT2D eigenvalue weighted by Gasteiger charge is 2.30. The van der Waals surface area contributed by atoms with E-state index in [0.29, 0.717) is 37.4 Å². The summed E-state index contributed by atoms with van der Waals surface area (Å²) in [6.07, 6.45) is 4.62.